The largest absolute Gasteiger partial charge is 0.465 e. The summed E-state index contributed by atoms with van der Waals surface area (Å²) in [5, 5.41) is 10.5. The van der Waals surface area contributed by atoms with Gasteiger partial charge in [-0.25, -0.2) is 17.9 Å². The molecule has 1 heterocycles. The molecule has 1 amide bonds. The lowest BCUT2D eigenvalue weighted by atomic mass is 9.97. The number of piperidine rings is 1. The molecule has 6 nitrogen and oxygen atoms in total. The van der Waals surface area contributed by atoms with Gasteiger partial charge in [-0.1, -0.05) is 36.4 Å². The van der Waals surface area contributed by atoms with E-state index in [4.69, 9.17) is 5.11 Å². The summed E-state index contributed by atoms with van der Waals surface area (Å²) in [5.41, 5.74) is 0. The van der Waals surface area contributed by atoms with Gasteiger partial charge in [0.2, 0.25) is 10.0 Å². The van der Waals surface area contributed by atoms with Crippen molar-refractivity contribution < 1.29 is 18.3 Å². The molecule has 1 saturated heterocycles. The van der Waals surface area contributed by atoms with Crippen molar-refractivity contribution in [2.45, 2.75) is 17.7 Å². The second-order valence-electron chi connectivity index (χ2n) is 6.04. The van der Waals surface area contributed by atoms with Gasteiger partial charge in [0.05, 0.1) is 4.90 Å². The molecule has 0 unspecified atom stereocenters. The zero-order valence-corrected chi connectivity index (χ0v) is 14.0. The standard InChI is InChI=1S/C17H20N2O4S/c20-17(21)19-10-8-13(9-11-19)12-18-24(22,23)16-7-3-5-14-4-1-2-6-15(14)16/h1-7,13,18H,8-12H2,(H,20,21). The fraction of sp³-hybridized carbons (Fsp3) is 0.353. The first-order chi connectivity index (χ1) is 11.5. The normalized spacial score (nSPS) is 16.4. The Morgan fingerprint density at radius 2 is 1.79 bits per heavy atom. The highest BCUT2D eigenvalue weighted by Gasteiger charge is 2.24. The maximum absolute atomic E-state index is 12.6. The summed E-state index contributed by atoms with van der Waals surface area (Å²) < 4.78 is 28.0. The third-order valence-electron chi connectivity index (χ3n) is 4.49. The summed E-state index contributed by atoms with van der Waals surface area (Å²) in [6.07, 6.45) is 0.430. The molecule has 0 aromatic heterocycles. The number of benzene rings is 2. The summed E-state index contributed by atoms with van der Waals surface area (Å²) in [4.78, 5) is 12.6. The predicted molar refractivity (Wildman–Crippen MR) is 91.5 cm³/mol. The van der Waals surface area contributed by atoms with Crippen LogP contribution in [0.5, 0.6) is 0 Å². The summed E-state index contributed by atoms with van der Waals surface area (Å²) in [7, 11) is -3.60. The molecule has 2 N–H and O–H groups in total. The molecule has 1 aliphatic rings. The van der Waals surface area contributed by atoms with Crippen molar-refractivity contribution >= 4 is 26.9 Å². The van der Waals surface area contributed by atoms with E-state index in [1.54, 1.807) is 18.2 Å². The number of likely N-dealkylation sites (tertiary alicyclic amines) is 1. The fourth-order valence-electron chi connectivity index (χ4n) is 3.06. The predicted octanol–water partition coefficient (Wildman–Crippen LogP) is 2.51. The molecule has 2 aromatic carbocycles. The van der Waals surface area contributed by atoms with Crippen LogP contribution in [0.15, 0.2) is 47.4 Å². The highest BCUT2D eigenvalue weighted by atomic mass is 32.2. The van der Waals surface area contributed by atoms with Crippen LogP contribution in [0.1, 0.15) is 12.8 Å². The molecule has 0 spiro atoms. The second-order valence-corrected chi connectivity index (χ2v) is 7.78. The molecule has 0 aliphatic carbocycles. The van der Waals surface area contributed by atoms with Crippen LogP contribution >= 0.6 is 0 Å². The number of rotatable bonds is 4. The van der Waals surface area contributed by atoms with Gasteiger partial charge in [-0.05, 0) is 30.2 Å². The molecule has 24 heavy (non-hydrogen) atoms. The molecule has 0 saturated carbocycles. The summed E-state index contributed by atoms with van der Waals surface area (Å²) in [6, 6.07) is 12.6. The Kier molecular flexibility index (Phi) is 4.73. The van der Waals surface area contributed by atoms with E-state index < -0.39 is 16.1 Å². The highest BCUT2D eigenvalue weighted by molar-refractivity contribution is 7.89. The van der Waals surface area contributed by atoms with Crippen LogP contribution < -0.4 is 4.72 Å². The van der Waals surface area contributed by atoms with Gasteiger partial charge in [-0.3, -0.25) is 0 Å². The molecular weight excluding hydrogens is 328 g/mol. The number of sulfonamides is 1. The van der Waals surface area contributed by atoms with Crippen molar-refractivity contribution in [1.29, 1.82) is 0 Å². The number of fused-ring (bicyclic) bond motifs is 1. The van der Waals surface area contributed by atoms with E-state index in [1.165, 1.54) is 4.90 Å². The van der Waals surface area contributed by atoms with Crippen LogP contribution in [-0.4, -0.2) is 44.2 Å². The van der Waals surface area contributed by atoms with Crippen LogP contribution in [0.4, 0.5) is 4.79 Å². The summed E-state index contributed by atoms with van der Waals surface area (Å²) in [6.45, 7) is 1.24. The maximum Gasteiger partial charge on any atom is 0.407 e. The Hall–Kier alpha value is -2.12. The van der Waals surface area contributed by atoms with Gasteiger partial charge in [0.1, 0.15) is 0 Å². The average Bonchev–Trinajstić information content (AvgIpc) is 2.60. The van der Waals surface area contributed by atoms with Crippen molar-refractivity contribution in [2.24, 2.45) is 5.92 Å². The Labute approximate surface area is 141 Å². The van der Waals surface area contributed by atoms with Gasteiger partial charge < -0.3 is 10.0 Å². The monoisotopic (exact) mass is 348 g/mol. The minimum absolute atomic E-state index is 0.158. The van der Waals surface area contributed by atoms with Gasteiger partial charge in [-0.2, -0.15) is 0 Å². The molecule has 128 valence electrons. The second kappa shape index (κ2) is 6.78. The zero-order valence-electron chi connectivity index (χ0n) is 13.2. The highest BCUT2D eigenvalue weighted by Crippen LogP contribution is 2.23. The smallest absolute Gasteiger partial charge is 0.407 e. The van der Waals surface area contributed by atoms with E-state index in [0.29, 0.717) is 37.9 Å². The number of nitrogens with one attached hydrogen (secondary N) is 1. The zero-order chi connectivity index (χ0) is 17.2. The molecular formula is C17H20N2O4S. The molecule has 1 aliphatic heterocycles. The number of amides is 1. The van der Waals surface area contributed by atoms with Crippen LogP contribution in [0, 0.1) is 5.92 Å². The Morgan fingerprint density at radius 3 is 2.50 bits per heavy atom. The Balaban J connectivity index is 1.69. The van der Waals surface area contributed by atoms with Crippen LogP contribution in [0.25, 0.3) is 10.8 Å². The van der Waals surface area contributed by atoms with E-state index in [1.807, 2.05) is 24.3 Å². The van der Waals surface area contributed by atoms with Crippen molar-refractivity contribution in [3.63, 3.8) is 0 Å². The lowest BCUT2D eigenvalue weighted by molar-refractivity contribution is 0.125. The topological polar surface area (TPSA) is 86.7 Å². The lowest BCUT2D eigenvalue weighted by Gasteiger charge is -2.29. The molecule has 2 aromatic rings. The van der Waals surface area contributed by atoms with Gasteiger partial charge in [0, 0.05) is 25.0 Å². The number of carbonyl (C=O) groups is 1. The van der Waals surface area contributed by atoms with Crippen molar-refractivity contribution in [3.05, 3.63) is 42.5 Å². The molecule has 1 fully saturated rings. The molecule has 3 rings (SSSR count). The maximum atomic E-state index is 12.6. The quantitative estimate of drug-likeness (QED) is 0.889. The number of hydrogen-bond donors (Lipinski definition) is 2. The van der Waals surface area contributed by atoms with E-state index >= 15 is 0 Å². The van der Waals surface area contributed by atoms with Gasteiger partial charge in [-0.15, -0.1) is 0 Å². The van der Waals surface area contributed by atoms with Gasteiger partial charge >= 0.3 is 6.09 Å². The van der Waals surface area contributed by atoms with Crippen molar-refractivity contribution in [3.8, 4) is 0 Å². The molecule has 0 bridgehead atoms. The lowest BCUT2D eigenvalue weighted by Crippen LogP contribution is -2.40. The van der Waals surface area contributed by atoms with Crippen molar-refractivity contribution in [1.82, 2.24) is 9.62 Å². The van der Waals surface area contributed by atoms with E-state index in [2.05, 4.69) is 4.72 Å². The third-order valence-corrected chi connectivity index (χ3v) is 5.97. The van der Waals surface area contributed by atoms with E-state index in [-0.39, 0.29) is 10.8 Å². The number of carboxylic acid groups (broad SMARTS) is 1. The third kappa shape index (κ3) is 3.52. The number of hydrogen-bond acceptors (Lipinski definition) is 3. The van der Waals surface area contributed by atoms with Gasteiger partial charge in [0.15, 0.2) is 0 Å². The Bertz CT molecular complexity index is 837. The SMILES string of the molecule is O=C(O)N1CCC(CNS(=O)(=O)c2cccc3ccccc23)CC1. The van der Waals surface area contributed by atoms with Gasteiger partial charge in [0.25, 0.3) is 0 Å². The molecule has 0 radical (unpaired) electrons. The summed E-state index contributed by atoms with van der Waals surface area (Å²) >= 11 is 0. The molecule has 7 heteroatoms. The van der Waals surface area contributed by atoms with Crippen LogP contribution in [-0.2, 0) is 10.0 Å². The van der Waals surface area contributed by atoms with E-state index in [9.17, 15) is 13.2 Å². The minimum Gasteiger partial charge on any atom is -0.465 e. The minimum atomic E-state index is -3.60. The molecule has 0 atom stereocenters. The summed E-state index contributed by atoms with van der Waals surface area (Å²) in [5.74, 6) is 0.158. The van der Waals surface area contributed by atoms with Crippen molar-refractivity contribution in [2.75, 3.05) is 19.6 Å². The van der Waals surface area contributed by atoms with Crippen LogP contribution in [0.3, 0.4) is 0 Å². The number of nitrogens with zero attached hydrogens (tertiary/aromatic N) is 1. The average molecular weight is 348 g/mol. The van der Waals surface area contributed by atoms with E-state index in [0.717, 1.165) is 5.39 Å². The van der Waals surface area contributed by atoms with Crippen LogP contribution in [0.2, 0.25) is 0 Å². The fourth-order valence-corrected chi connectivity index (χ4v) is 4.41. The first-order valence-corrected chi connectivity index (χ1v) is 9.41. The Morgan fingerprint density at radius 1 is 1.12 bits per heavy atom. The first kappa shape index (κ1) is 16.7. The first-order valence-electron chi connectivity index (χ1n) is 7.93.